The first-order chi connectivity index (χ1) is 15.9. The van der Waals surface area contributed by atoms with Crippen LogP contribution in [0.2, 0.25) is 0 Å². The van der Waals surface area contributed by atoms with E-state index in [1.807, 2.05) is 24.3 Å². The molecule has 33 heavy (non-hydrogen) atoms. The Morgan fingerprint density at radius 2 is 1.91 bits per heavy atom. The maximum atomic E-state index is 5.69. The number of aromatic amines is 1. The molecule has 4 aromatic rings. The Morgan fingerprint density at radius 1 is 1.06 bits per heavy atom. The third-order valence-electron chi connectivity index (χ3n) is 7.37. The number of pyridine rings is 2. The van der Waals surface area contributed by atoms with Crippen molar-refractivity contribution in [1.29, 1.82) is 0 Å². The summed E-state index contributed by atoms with van der Waals surface area (Å²) < 4.78 is 5.39. The van der Waals surface area contributed by atoms with Gasteiger partial charge in [0.05, 0.1) is 5.69 Å². The third kappa shape index (κ3) is 3.59. The summed E-state index contributed by atoms with van der Waals surface area (Å²) in [5.74, 6) is 0. The first-order valence-electron chi connectivity index (χ1n) is 11.5. The highest BCUT2D eigenvalue weighted by molar-refractivity contribution is 5.83. The van der Waals surface area contributed by atoms with Gasteiger partial charge in [0, 0.05) is 62.0 Å². The van der Waals surface area contributed by atoms with E-state index in [4.69, 9.17) is 15.1 Å². The van der Waals surface area contributed by atoms with Crippen LogP contribution in [0.25, 0.3) is 33.4 Å². The van der Waals surface area contributed by atoms with E-state index in [9.17, 15) is 0 Å². The van der Waals surface area contributed by atoms with Gasteiger partial charge < -0.3 is 15.1 Å². The molecule has 2 aliphatic heterocycles. The number of likely N-dealkylation sites (N-methyl/N-ethyl adjacent to an activating group) is 1. The number of oxazole rings is 1. The van der Waals surface area contributed by atoms with Crippen molar-refractivity contribution in [2.24, 2.45) is 0 Å². The highest BCUT2D eigenvalue weighted by Gasteiger charge is 2.39. The number of rotatable bonds is 3. The predicted octanol–water partition coefficient (Wildman–Crippen LogP) is 2.65. The van der Waals surface area contributed by atoms with Crippen molar-refractivity contribution in [2.45, 2.75) is 25.4 Å². The second kappa shape index (κ2) is 7.40. The van der Waals surface area contributed by atoms with Gasteiger partial charge in [0.15, 0.2) is 11.8 Å². The average Bonchev–Trinajstić information content (AvgIpc) is 3.13. The standard InChI is InChI=1S/C25H29N7O/c1-25(2)15-31(9-8-30(25)3)18-13-32(14-18)17-11-21-20(27-12-17)6-5-19(28-21)16-4-7-23-22(10-16)29-24(26)33-23/h4-7,10-12,18H,8-9,13-15H2,1-3H3,(H2,26,29)/p+1. The Balaban J connectivity index is 1.21. The second-order valence-corrected chi connectivity index (χ2v) is 9.99. The number of nitrogens with two attached hydrogens (primary N) is 1. The first kappa shape index (κ1) is 20.4. The largest absolute Gasteiger partial charge is 0.424 e. The van der Waals surface area contributed by atoms with Crippen LogP contribution in [0.15, 0.2) is 47.0 Å². The fourth-order valence-electron chi connectivity index (χ4n) is 4.97. The summed E-state index contributed by atoms with van der Waals surface area (Å²) in [4.78, 5) is 20.2. The maximum Gasteiger partial charge on any atom is 0.292 e. The van der Waals surface area contributed by atoms with Gasteiger partial charge in [-0.3, -0.25) is 9.80 Å². The molecule has 0 aliphatic carbocycles. The van der Waals surface area contributed by atoms with Gasteiger partial charge in [0.2, 0.25) is 5.52 Å². The van der Waals surface area contributed by atoms with Crippen LogP contribution in [0, 0.1) is 0 Å². The molecule has 6 rings (SSSR count). The minimum atomic E-state index is 0.181. The molecule has 2 fully saturated rings. The molecular formula is C25H30N7O+. The summed E-state index contributed by atoms with van der Waals surface area (Å²) in [6.07, 6.45) is 2.10. The lowest BCUT2D eigenvalue weighted by Gasteiger charge is -2.53. The van der Waals surface area contributed by atoms with E-state index in [1.54, 1.807) is 0 Å². The van der Waals surface area contributed by atoms with Crippen molar-refractivity contribution in [3.05, 3.63) is 42.6 Å². The highest BCUT2D eigenvalue weighted by Crippen LogP contribution is 2.29. The molecule has 0 amide bonds. The Hall–Kier alpha value is -3.23. The van der Waals surface area contributed by atoms with E-state index in [0.29, 0.717) is 11.6 Å². The molecule has 0 unspecified atom stereocenters. The number of hydrogen-bond donors (Lipinski definition) is 1. The van der Waals surface area contributed by atoms with Crippen molar-refractivity contribution >= 4 is 33.8 Å². The van der Waals surface area contributed by atoms with E-state index in [0.717, 1.165) is 60.5 Å². The fraction of sp³-hybridized carbons (Fsp3) is 0.400. The van der Waals surface area contributed by atoms with Crippen LogP contribution in [0.4, 0.5) is 11.7 Å². The molecule has 0 radical (unpaired) electrons. The first-order valence-corrected chi connectivity index (χ1v) is 11.5. The number of aromatic nitrogens is 3. The minimum Gasteiger partial charge on any atom is -0.424 e. The fourth-order valence-corrected chi connectivity index (χ4v) is 4.97. The van der Waals surface area contributed by atoms with Crippen molar-refractivity contribution in [1.82, 2.24) is 19.8 Å². The topological polar surface area (TPSA) is 88.8 Å². The molecule has 0 spiro atoms. The number of H-pyrrole nitrogens is 1. The molecule has 8 heteroatoms. The van der Waals surface area contributed by atoms with Crippen molar-refractivity contribution in [3.63, 3.8) is 0 Å². The van der Waals surface area contributed by atoms with E-state index in [2.05, 4.69) is 63.9 Å². The molecule has 1 aromatic carbocycles. The molecule has 8 nitrogen and oxygen atoms in total. The van der Waals surface area contributed by atoms with Crippen LogP contribution >= 0.6 is 0 Å². The lowest BCUT2D eigenvalue weighted by molar-refractivity contribution is -0.344. The zero-order valence-electron chi connectivity index (χ0n) is 19.4. The molecule has 2 saturated heterocycles. The van der Waals surface area contributed by atoms with Gasteiger partial charge in [-0.05, 0) is 45.2 Å². The van der Waals surface area contributed by atoms with Gasteiger partial charge >= 0.3 is 0 Å². The SMILES string of the molecule is CN1CCN(C2CN(c3c[nH+]c4ccc(-c5ccc6oc(N)nc6c5)nc4c3)C2)CC1(C)C. The van der Waals surface area contributed by atoms with Crippen LogP contribution in [0.3, 0.4) is 0 Å². The summed E-state index contributed by atoms with van der Waals surface area (Å²) in [7, 11) is 2.23. The number of benzene rings is 1. The summed E-state index contributed by atoms with van der Waals surface area (Å²) >= 11 is 0. The highest BCUT2D eigenvalue weighted by atomic mass is 16.4. The van der Waals surface area contributed by atoms with Gasteiger partial charge in [0.1, 0.15) is 16.7 Å². The van der Waals surface area contributed by atoms with Crippen LogP contribution in [-0.4, -0.2) is 71.1 Å². The Bertz CT molecular complexity index is 1340. The van der Waals surface area contributed by atoms with Gasteiger partial charge in [-0.1, -0.05) is 0 Å². The summed E-state index contributed by atoms with van der Waals surface area (Å²) in [6, 6.07) is 12.9. The number of piperazine rings is 1. The zero-order valence-corrected chi connectivity index (χ0v) is 19.4. The molecule has 2 aliphatic rings. The average molecular weight is 445 g/mol. The molecule has 0 atom stereocenters. The van der Waals surface area contributed by atoms with E-state index < -0.39 is 0 Å². The molecule has 3 aromatic heterocycles. The predicted molar refractivity (Wildman–Crippen MR) is 130 cm³/mol. The lowest BCUT2D eigenvalue weighted by Crippen LogP contribution is -2.67. The molecule has 0 bridgehead atoms. The molecule has 170 valence electrons. The van der Waals surface area contributed by atoms with Crippen molar-refractivity contribution in [3.8, 4) is 11.3 Å². The number of nitrogens with zero attached hydrogens (tertiary/aromatic N) is 5. The molecule has 0 saturated carbocycles. The number of fused-ring (bicyclic) bond motifs is 2. The van der Waals surface area contributed by atoms with Crippen molar-refractivity contribution < 1.29 is 9.40 Å². The minimum absolute atomic E-state index is 0.181. The van der Waals surface area contributed by atoms with Crippen LogP contribution in [0.1, 0.15) is 13.8 Å². The quantitative estimate of drug-likeness (QED) is 0.520. The normalized spacial score (nSPS) is 19.9. The van der Waals surface area contributed by atoms with Gasteiger partial charge in [-0.2, -0.15) is 4.98 Å². The number of nitrogen functional groups attached to an aromatic ring is 1. The molecule has 5 heterocycles. The molecular weight excluding hydrogens is 414 g/mol. The third-order valence-corrected chi connectivity index (χ3v) is 7.37. The Morgan fingerprint density at radius 3 is 2.73 bits per heavy atom. The smallest absolute Gasteiger partial charge is 0.292 e. The second-order valence-electron chi connectivity index (χ2n) is 9.99. The number of anilines is 2. The molecule has 3 N–H and O–H groups in total. The monoisotopic (exact) mass is 444 g/mol. The van der Waals surface area contributed by atoms with Crippen LogP contribution in [0.5, 0.6) is 0 Å². The zero-order chi connectivity index (χ0) is 22.7. The number of hydrogen-bond acceptors (Lipinski definition) is 7. The van der Waals surface area contributed by atoms with E-state index >= 15 is 0 Å². The summed E-state index contributed by atoms with van der Waals surface area (Å²) in [6.45, 7) is 10.2. The number of nitrogens with one attached hydrogen (secondary N) is 1. The van der Waals surface area contributed by atoms with Gasteiger partial charge in [-0.15, -0.1) is 0 Å². The van der Waals surface area contributed by atoms with Crippen LogP contribution in [-0.2, 0) is 0 Å². The maximum absolute atomic E-state index is 5.69. The Kier molecular flexibility index (Phi) is 4.57. The summed E-state index contributed by atoms with van der Waals surface area (Å²) in [5.41, 5.74) is 12.4. The van der Waals surface area contributed by atoms with Gasteiger partial charge in [-0.25, -0.2) is 9.97 Å². The van der Waals surface area contributed by atoms with Crippen LogP contribution < -0.4 is 15.6 Å². The lowest BCUT2D eigenvalue weighted by atomic mass is 9.96. The Labute approximate surface area is 193 Å². The van der Waals surface area contributed by atoms with Crippen molar-refractivity contribution in [2.75, 3.05) is 50.4 Å². The van der Waals surface area contributed by atoms with Gasteiger partial charge in [0.25, 0.3) is 6.01 Å². The van der Waals surface area contributed by atoms with E-state index in [1.165, 1.54) is 5.69 Å². The van der Waals surface area contributed by atoms with E-state index in [-0.39, 0.29) is 11.6 Å². The summed E-state index contributed by atoms with van der Waals surface area (Å²) in [5, 5.41) is 0.